The van der Waals surface area contributed by atoms with Crippen molar-refractivity contribution in [3.63, 3.8) is 0 Å². The van der Waals surface area contributed by atoms with E-state index in [2.05, 4.69) is 4.98 Å². The Morgan fingerprint density at radius 3 is 2.35 bits per heavy atom. The van der Waals surface area contributed by atoms with Gasteiger partial charge in [0.2, 0.25) is 0 Å². The van der Waals surface area contributed by atoms with Gasteiger partial charge in [-0.25, -0.2) is 0 Å². The highest BCUT2D eigenvalue weighted by Gasteiger charge is 2.10. The van der Waals surface area contributed by atoms with E-state index < -0.39 is 0 Å². The van der Waals surface area contributed by atoms with E-state index in [1.54, 1.807) is 30.5 Å². The number of carbonyl (C=O) groups excluding carboxylic acids is 1. The Labute approximate surface area is 113 Å². The molecule has 1 heterocycles. The van der Waals surface area contributed by atoms with Crippen molar-refractivity contribution in [2.75, 3.05) is 0 Å². The van der Waals surface area contributed by atoms with E-state index in [1.807, 2.05) is 0 Å². The maximum Gasteiger partial charge on any atom is 0.169 e. The maximum absolute atomic E-state index is 10.9. The largest absolute Gasteiger partial charge is 0.296 e. The van der Waals surface area contributed by atoms with Crippen molar-refractivity contribution >= 4 is 41.1 Å². The lowest BCUT2D eigenvalue weighted by Crippen LogP contribution is -1.91. The smallest absolute Gasteiger partial charge is 0.169 e. The van der Waals surface area contributed by atoms with Crippen molar-refractivity contribution < 1.29 is 4.79 Å². The lowest BCUT2D eigenvalue weighted by Gasteiger charge is -2.07. The number of aldehydes is 1. The first-order valence-corrected chi connectivity index (χ1v) is 5.82. The molecule has 5 heteroatoms. The van der Waals surface area contributed by atoms with E-state index in [0.717, 1.165) is 0 Å². The molecule has 0 atom stereocenters. The van der Waals surface area contributed by atoms with Gasteiger partial charge in [-0.2, -0.15) is 0 Å². The summed E-state index contributed by atoms with van der Waals surface area (Å²) in [6.07, 6.45) is 2.23. The van der Waals surface area contributed by atoms with Gasteiger partial charge in [0.25, 0.3) is 0 Å². The molecule has 0 radical (unpaired) electrons. The number of rotatable bonds is 2. The second-order valence-corrected chi connectivity index (χ2v) is 4.50. The summed E-state index contributed by atoms with van der Waals surface area (Å²) in [4.78, 5) is 14.9. The van der Waals surface area contributed by atoms with Gasteiger partial charge in [0.05, 0.1) is 15.1 Å². The van der Waals surface area contributed by atoms with Gasteiger partial charge in [0, 0.05) is 11.8 Å². The van der Waals surface area contributed by atoms with E-state index in [1.165, 1.54) is 0 Å². The average molecular weight is 287 g/mol. The zero-order valence-electron chi connectivity index (χ0n) is 8.45. The second kappa shape index (κ2) is 5.05. The third-order valence-electron chi connectivity index (χ3n) is 2.24. The summed E-state index contributed by atoms with van der Waals surface area (Å²) in [6, 6.07) is 6.81. The zero-order chi connectivity index (χ0) is 12.4. The van der Waals surface area contributed by atoms with Crippen molar-refractivity contribution in [2.24, 2.45) is 0 Å². The quantitative estimate of drug-likeness (QED) is 0.600. The first-order valence-electron chi connectivity index (χ1n) is 4.68. The van der Waals surface area contributed by atoms with E-state index in [-0.39, 0.29) is 0 Å². The highest BCUT2D eigenvalue weighted by molar-refractivity contribution is 6.48. The number of pyridine rings is 1. The minimum atomic E-state index is 0.300. The molecule has 0 aliphatic rings. The van der Waals surface area contributed by atoms with Gasteiger partial charge in [-0.15, -0.1) is 0 Å². The van der Waals surface area contributed by atoms with Crippen LogP contribution in [0.3, 0.4) is 0 Å². The summed E-state index contributed by atoms with van der Waals surface area (Å²) in [5.41, 5.74) is 1.71. The Balaban J connectivity index is 2.65. The standard InChI is InChI=1S/C12H6Cl3NO/c13-9-4-7(5-10(14)12(9)15)8-2-1-3-16-11(8)6-17/h1-6H. The van der Waals surface area contributed by atoms with E-state index in [4.69, 9.17) is 34.8 Å². The van der Waals surface area contributed by atoms with Crippen LogP contribution >= 0.6 is 34.8 Å². The van der Waals surface area contributed by atoms with Crippen LogP contribution in [0.5, 0.6) is 0 Å². The lowest BCUT2D eigenvalue weighted by atomic mass is 10.0. The van der Waals surface area contributed by atoms with Crippen LogP contribution in [0, 0.1) is 0 Å². The van der Waals surface area contributed by atoms with Gasteiger partial charge in [-0.05, 0) is 23.8 Å². The van der Waals surface area contributed by atoms with Crippen molar-refractivity contribution in [1.82, 2.24) is 4.98 Å². The van der Waals surface area contributed by atoms with Crippen molar-refractivity contribution in [1.29, 1.82) is 0 Å². The number of hydrogen-bond acceptors (Lipinski definition) is 2. The summed E-state index contributed by atoms with van der Waals surface area (Å²) in [5.74, 6) is 0. The van der Waals surface area contributed by atoms with Gasteiger partial charge >= 0.3 is 0 Å². The molecule has 2 nitrogen and oxygen atoms in total. The normalized spacial score (nSPS) is 10.3. The molecule has 2 aromatic rings. The Morgan fingerprint density at radius 2 is 1.76 bits per heavy atom. The minimum absolute atomic E-state index is 0.300. The number of hydrogen-bond donors (Lipinski definition) is 0. The molecule has 2 rings (SSSR count). The Bertz CT molecular complexity index is 561. The van der Waals surface area contributed by atoms with E-state index >= 15 is 0 Å². The van der Waals surface area contributed by atoms with Crippen LogP contribution in [-0.2, 0) is 0 Å². The summed E-state index contributed by atoms with van der Waals surface area (Å²) in [6.45, 7) is 0. The third-order valence-corrected chi connectivity index (χ3v) is 3.44. The van der Waals surface area contributed by atoms with Crippen LogP contribution in [0.15, 0.2) is 30.5 Å². The molecule has 0 fully saturated rings. The number of carbonyl (C=O) groups is 1. The fourth-order valence-electron chi connectivity index (χ4n) is 1.47. The van der Waals surface area contributed by atoms with Crippen molar-refractivity contribution in [2.45, 2.75) is 0 Å². The Morgan fingerprint density at radius 1 is 1.12 bits per heavy atom. The summed E-state index contributed by atoms with van der Waals surface area (Å²) < 4.78 is 0. The Kier molecular flexibility index (Phi) is 3.67. The molecule has 0 aliphatic heterocycles. The zero-order valence-corrected chi connectivity index (χ0v) is 10.7. The first kappa shape index (κ1) is 12.4. The van der Waals surface area contributed by atoms with Gasteiger partial charge in [0.15, 0.2) is 6.29 Å². The molecular weight excluding hydrogens is 280 g/mol. The maximum atomic E-state index is 10.9. The predicted octanol–water partition coefficient (Wildman–Crippen LogP) is 4.52. The van der Waals surface area contributed by atoms with Gasteiger partial charge in [-0.1, -0.05) is 40.9 Å². The molecule has 17 heavy (non-hydrogen) atoms. The van der Waals surface area contributed by atoms with Crippen LogP contribution in [-0.4, -0.2) is 11.3 Å². The minimum Gasteiger partial charge on any atom is -0.296 e. The summed E-state index contributed by atoms with van der Waals surface area (Å²) in [7, 11) is 0. The van der Waals surface area contributed by atoms with Gasteiger partial charge in [0.1, 0.15) is 5.69 Å². The summed E-state index contributed by atoms with van der Waals surface area (Å²) in [5, 5.41) is 0.985. The molecule has 1 aromatic heterocycles. The molecular formula is C12H6Cl3NO. The molecule has 0 saturated carbocycles. The van der Waals surface area contributed by atoms with Gasteiger partial charge in [-0.3, -0.25) is 9.78 Å². The number of aromatic nitrogens is 1. The summed E-state index contributed by atoms with van der Waals surface area (Å²) >= 11 is 17.7. The Hall–Kier alpha value is -1.09. The number of benzene rings is 1. The topological polar surface area (TPSA) is 30.0 Å². The fraction of sp³-hybridized carbons (Fsp3) is 0. The molecule has 0 N–H and O–H groups in total. The molecule has 86 valence electrons. The average Bonchev–Trinajstić information content (AvgIpc) is 2.35. The van der Waals surface area contributed by atoms with Crippen LogP contribution in [0.4, 0.5) is 0 Å². The lowest BCUT2D eigenvalue weighted by molar-refractivity contribution is 0.111. The van der Waals surface area contributed by atoms with E-state index in [9.17, 15) is 4.79 Å². The van der Waals surface area contributed by atoms with E-state index in [0.29, 0.717) is 38.2 Å². The SMILES string of the molecule is O=Cc1ncccc1-c1cc(Cl)c(Cl)c(Cl)c1. The molecule has 0 unspecified atom stereocenters. The highest BCUT2D eigenvalue weighted by atomic mass is 35.5. The van der Waals surface area contributed by atoms with Crippen LogP contribution in [0.25, 0.3) is 11.1 Å². The van der Waals surface area contributed by atoms with Crippen molar-refractivity contribution in [3.8, 4) is 11.1 Å². The first-order chi connectivity index (χ1) is 8.13. The molecule has 1 aromatic carbocycles. The molecule has 0 aliphatic carbocycles. The predicted molar refractivity (Wildman–Crippen MR) is 70.1 cm³/mol. The molecule has 0 spiro atoms. The molecule has 0 bridgehead atoms. The number of nitrogens with zero attached hydrogens (tertiary/aromatic N) is 1. The second-order valence-electron chi connectivity index (χ2n) is 3.31. The molecule has 0 amide bonds. The van der Waals surface area contributed by atoms with Crippen LogP contribution < -0.4 is 0 Å². The fourth-order valence-corrected chi connectivity index (χ4v) is 2.06. The van der Waals surface area contributed by atoms with Gasteiger partial charge < -0.3 is 0 Å². The molecule has 0 saturated heterocycles. The number of halogens is 3. The van der Waals surface area contributed by atoms with Crippen molar-refractivity contribution in [3.05, 3.63) is 51.2 Å². The third kappa shape index (κ3) is 2.44. The van der Waals surface area contributed by atoms with Crippen LogP contribution in [0.2, 0.25) is 15.1 Å². The monoisotopic (exact) mass is 285 g/mol. The highest BCUT2D eigenvalue weighted by Crippen LogP contribution is 2.35. The van der Waals surface area contributed by atoms with Crippen LogP contribution in [0.1, 0.15) is 10.5 Å².